The second kappa shape index (κ2) is 5.34. The van der Waals surface area contributed by atoms with E-state index in [2.05, 4.69) is 10.5 Å². The molecule has 0 aliphatic carbocycles. The molecule has 1 aliphatic heterocycles. The Balaban J connectivity index is 1.86. The molecule has 5 nitrogen and oxygen atoms in total. The molecule has 0 saturated heterocycles. The number of amides is 1. The standard InChI is InChI=1S/C12H14N2O3/c1-2-16-11-8-10(17-14-11)13-12(15)9-6-4-3-5-7-9/h3-7,10H,2,8H2,1H3,(H,13,15). The summed E-state index contributed by atoms with van der Waals surface area (Å²) >= 11 is 0. The number of nitrogens with zero attached hydrogens (tertiary/aromatic N) is 1. The summed E-state index contributed by atoms with van der Waals surface area (Å²) in [5.74, 6) is 0.342. The molecule has 0 spiro atoms. The Morgan fingerprint density at radius 1 is 1.53 bits per heavy atom. The molecule has 1 aromatic carbocycles. The summed E-state index contributed by atoms with van der Waals surface area (Å²) in [6, 6.07) is 8.97. The van der Waals surface area contributed by atoms with Crippen LogP contribution in [0.1, 0.15) is 23.7 Å². The molecule has 1 aromatic rings. The van der Waals surface area contributed by atoms with Gasteiger partial charge in [-0.3, -0.25) is 4.79 Å². The molecule has 90 valence electrons. The van der Waals surface area contributed by atoms with E-state index >= 15 is 0 Å². The van der Waals surface area contributed by atoms with E-state index in [1.807, 2.05) is 25.1 Å². The fraction of sp³-hybridized carbons (Fsp3) is 0.333. The maximum atomic E-state index is 11.8. The van der Waals surface area contributed by atoms with Crippen LogP contribution in [0.5, 0.6) is 0 Å². The van der Waals surface area contributed by atoms with Gasteiger partial charge in [0.05, 0.1) is 13.0 Å². The van der Waals surface area contributed by atoms with E-state index in [9.17, 15) is 4.79 Å². The van der Waals surface area contributed by atoms with E-state index in [0.717, 1.165) is 0 Å². The fourth-order valence-corrected chi connectivity index (χ4v) is 1.50. The van der Waals surface area contributed by atoms with Gasteiger partial charge < -0.3 is 14.9 Å². The number of benzene rings is 1. The highest BCUT2D eigenvalue weighted by molar-refractivity contribution is 5.94. The molecule has 1 atom stereocenters. The van der Waals surface area contributed by atoms with Crippen LogP contribution in [0, 0.1) is 0 Å². The third-order valence-electron chi connectivity index (χ3n) is 2.28. The van der Waals surface area contributed by atoms with E-state index in [1.54, 1.807) is 12.1 Å². The molecule has 1 amide bonds. The van der Waals surface area contributed by atoms with Crippen molar-refractivity contribution in [2.75, 3.05) is 6.61 Å². The van der Waals surface area contributed by atoms with Gasteiger partial charge >= 0.3 is 0 Å². The lowest BCUT2D eigenvalue weighted by atomic mass is 10.2. The van der Waals surface area contributed by atoms with E-state index < -0.39 is 6.23 Å². The number of carbonyl (C=O) groups is 1. The van der Waals surface area contributed by atoms with Crippen molar-refractivity contribution in [3.05, 3.63) is 35.9 Å². The number of nitrogens with one attached hydrogen (secondary N) is 1. The van der Waals surface area contributed by atoms with Gasteiger partial charge in [-0.05, 0) is 24.2 Å². The normalized spacial score (nSPS) is 18.2. The van der Waals surface area contributed by atoms with Crippen LogP contribution in [0.4, 0.5) is 0 Å². The highest BCUT2D eigenvalue weighted by Gasteiger charge is 2.23. The molecule has 5 heteroatoms. The molecule has 1 aliphatic rings. The molecule has 0 bridgehead atoms. The molecule has 0 aromatic heterocycles. The summed E-state index contributed by atoms with van der Waals surface area (Å²) in [5.41, 5.74) is 0.598. The van der Waals surface area contributed by atoms with Crippen LogP contribution in [0.25, 0.3) is 0 Å². The summed E-state index contributed by atoms with van der Waals surface area (Å²) in [4.78, 5) is 16.8. The van der Waals surface area contributed by atoms with Crippen molar-refractivity contribution < 1.29 is 14.4 Å². The summed E-state index contributed by atoms with van der Waals surface area (Å²) < 4.78 is 5.19. The number of hydrogen-bond donors (Lipinski definition) is 1. The first-order valence-corrected chi connectivity index (χ1v) is 5.51. The van der Waals surface area contributed by atoms with E-state index in [1.165, 1.54) is 0 Å². The monoisotopic (exact) mass is 234 g/mol. The van der Waals surface area contributed by atoms with Gasteiger partial charge in [0.1, 0.15) is 0 Å². The summed E-state index contributed by atoms with van der Waals surface area (Å²) in [5, 5.41) is 6.46. The molecule has 1 unspecified atom stereocenters. The van der Waals surface area contributed by atoms with Gasteiger partial charge in [0.25, 0.3) is 5.91 Å². The lowest BCUT2D eigenvalue weighted by molar-refractivity contribution is 0.0501. The lowest BCUT2D eigenvalue weighted by Gasteiger charge is -2.10. The first-order chi connectivity index (χ1) is 8.29. The average Bonchev–Trinajstić information content (AvgIpc) is 2.78. The zero-order valence-corrected chi connectivity index (χ0v) is 9.55. The van der Waals surface area contributed by atoms with Crippen molar-refractivity contribution in [2.45, 2.75) is 19.6 Å². The number of hydrogen-bond acceptors (Lipinski definition) is 4. The van der Waals surface area contributed by atoms with Crippen LogP contribution < -0.4 is 5.32 Å². The second-order valence-electron chi connectivity index (χ2n) is 3.56. The predicted molar refractivity (Wildman–Crippen MR) is 62.5 cm³/mol. The average molecular weight is 234 g/mol. The molecular weight excluding hydrogens is 220 g/mol. The molecule has 2 rings (SSSR count). The highest BCUT2D eigenvalue weighted by Crippen LogP contribution is 2.10. The van der Waals surface area contributed by atoms with Gasteiger partial charge in [-0.15, -0.1) is 0 Å². The largest absolute Gasteiger partial charge is 0.479 e. The van der Waals surface area contributed by atoms with Crippen LogP contribution >= 0.6 is 0 Å². The van der Waals surface area contributed by atoms with Gasteiger partial charge in [-0.25, -0.2) is 0 Å². The van der Waals surface area contributed by atoms with Gasteiger partial charge in [0.15, 0.2) is 0 Å². The van der Waals surface area contributed by atoms with Crippen molar-refractivity contribution in [3.8, 4) is 0 Å². The molecule has 1 N–H and O–H groups in total. The minimum absolute atomic E-state index is 0.177. The first-order valence-electron chi connectivity index (χ1n) is 5.51. The Bertz CT molecular complexity index is 417. The Morgan fingerprint density at radius 3 is 3.00 bits per heavy atom. The Morgan fingerprint density at radius 2 is 2.29 bits per heavy atom. The quantitative estimate of drug-likeness (QED) is 0.862. The number of rotatable bonds is 3. The topological polar surface area (TPSA) is 59.9 Å². The molecular formula is C12H14N2O3. The zero-order valence-electron chi connectivity index (χ0n) is 9.55. The van der Waals surface area contributed by atoms with Crippen molar-refractivity contribution in [3.63, 3.8) is 0 Å². The number of carbonyl (C=O) groups excluding carboxylic acids is 1. The molecule has 0 saturated carbocycles. The maximum Gasteiger partial charge on any atom is 0.254 e. The second-order valence-corrected chi connectivity index (χ2v) is 3.56. The van der Waals surface area contributed by atoms with Gasteiger partial charge in [-0.1, -0.05) is 18.2 Å². The third-order valence-corrected chi connectivity index (χ3v) is 2.28. The fourth-order valence-electron chi connectivity index (χ4n) is 1.50. The molecule has 1 heterocycles. The van der Waals surface area contributed by atoms with Crippen LogP contribution in [-0.2, 0) is 9.57 Å². The highest BCUT2D eigenvalue weighted by atomic mass is 16.7. The van der Waals surface area contributed by atoms with Crippen molar-refractivity contribution in [2.24, 2.45) is 5.16 Å². The lowest BCUT2D eigenvalue weighted by Crippen LogP contribution is -2.34. The zero-order chi connectivity index (χ0) is 12.1. The smallest absolute Gasteiger partial charge is 0.254 e. The van der Waals surface area contributed by atoms with Crippen molar-refractivity contribution >= 4 is 11.8 Å². The van der Waals surface area contributed by atoms with Crippen molar-refractivity contribution in [1.29, 1.82) is 0 Å². The Labute approximate surface area is 99.4 Å². The van der Waals surface area contributed by atoms with E-state index in [4.69, 9.17) is 9.57 Å². The van der Waals surface area contributed by atoms with Crippen molar-refractivity contribution in [1.82, 2.24) is 5.32 Å². The number of ether oxygens (including phenoxy) is 1. The van der Waals surface area contributed by atoms with Gasteiger partial charge in [0, 0.05) is 5.56 Å². The molecule has 17 heavy (non-hydrogen) atoms. The molecule has 0 fully saturated rings. The third kappa shape index (κ3) is 2.96. The maximum absolute atomic E-state index is 11.8. The van der Waals surface area contributed by atoms with E-state index in [0.29, 0.717) is 24.5 Å². The van der Waals surface area contributed by atoms with Gasteiger partial charge in [0.2, 0.25) is 12.1 Å². The van der Waals surface area contributed by atoms with Crippen LogP contribution in [0.3, 0.4) is 0 Å². The van der Waals surface area contributed by atoms with E-state index in [-0.39, 0.29) is 5.91 Å². The minimum atomic E-state index is -0.441. The first kappa shape index (κ1) is 11.4. The Kier molecular flexibility index (Phi) is 3.59. The SMILES string of the molecule is CCOC1=NOC(NC(=O)c2ccccc2)C1. The predicted octanol–water partition coefficient (Wildman–Crippen LogP) is 1.51. The molecule has 0 radical (unpaired) electrons. The summed E-state index contributed by atoms with van der Waals surface area (Å²) in [6.07, 6.45) is 0.0242. The summed E-state index contributed by atoms with van der Waals surface area (Å²) in [7, 11) is 0. The van der Waals surface area contributed by atoms with Crippen LogP contribution in [0.2, 0.25) is 0 Å². The summed E-state index contributed by atoms with van der Waals surface area (Å²) in [6.45, 7) is 2.42. The van der Waals surface area contributed by atoms with Crippen LogP contribution in [0.15, 0.2) is 35.5 Å². The van der Waals surface area contributed by atoms with Crippen LogP contribution in [-0.4, -0.2) is 24.6 Å². The van der Waals surface area contributed by atoms with Gasteiger partial charge in [-0.2, -0.15) is 0 Å². The minimum Gasteiger partial charge on any atom is -0.479 e. The Hall–Kier alpha value is -2.04. The number of oxime groups is 1.